The number of rotatable bonds is 2. The molecule has 3 heterocycles. The van der Waals surface area contributed by atoms with Crippen molar-refractivity contribution in [3.8, 4) is 0 Å². The number of imidazole rings is 1. The third-order valence-electron chi connectivity index (χ3n) is 3.57. The monoisotopic (exact) mass is 300 g/mol. The second-order valence-corrected chi connectivity index (χ2v) is 5.74. The van der Waals surface area contributed by atoms with Crippen LogP contribution in [0.25, 0.3) is 11.2 Å². The van der Waals surface area contributed by atoms with Gasteiger partial charge in [-0.2, -0.15) is 4.98 Å². The molecule has 0 radical (unpaired) electrons. The Morgan fingerprint density at radius 1 is 1.33 bits per heavy atom. The van der Waals surface area contributed by atoms with Gasteiger partial charge in [-0.15, -0.1) is 0 Å². The van der Waals surface area contributed by atoms with E-state index in [9.17, 15) is 10.1 Å². The highest BCUT2D eigenvalue weighted by Gasteiger charge is 2.32. The zero-order valence-electron chi connectivity index (χ0n) is 10.8. The molecule has 4 rings (SSSR count). The number of hydrogen-bond donors (Lipinski definition) is 1. The standard InChI is InChI=1S/C13H9N5O2S/c19-18(20)9-3-1-8(2-4-9)10-5-21-13-11-12(15-6-14-11)16-7-17(10)13/h1-4,6-7,10H,5H2/p+1/t10-/m0/s1. The largest absolute Gasteiger partial charge is 0.337 e. The first-order chi connectivity index (χ1) is 10.2. The van der Waals surface area contributed by atoms with Gasteiger partial charge in [0.2, 0.25) is 0 Å². The van der Waals surface area contributed by atoms with Crippen LogP contribution < -0.4 is 4.57 Å². The topological polar surface area (TPSA) is 88.6 Å². The van der Waals surface area contributed by atoms with Crippen molar-refractivity contribution in [3.63, 3.8) is 0 Å². The van der Waals surface area contributed by atoms with Gasteiger partial charge in [0.25, 0.3) is 17.7 Å². The number of thioether (sulfide) groups is 1. The van der Waals surface area contributed by atoms with Gasteiger partial charge in [-0.1, -0.05) is 11.8 Å². The van der Waals surface area contributed by atoms with Crippen LogP contribution in [0.2, 0.25) is 0 Å². The Morgan fingerprint density at radius 2 is 2.14 bits per heavy atom. The predicted molar refractivity (Wildman–Crippen MR) is 76.0 cm³/mol. The van der Waals surface area contributed by atoms with Crippen molar-refractivity contribution in [3.05, 3.63) is 52.6 Å². The van der Waals surface area contributed by atoms with Crippen molar-refractivity contribution >= 4 is 28.6 Å². The van der Waals surface area contributed by atoms with Crippen molar-refractivity contribution < 1.29 is 9.49 Å². The minimum Gasteiger partial charge on any atom is -0.337 e. The molecule has 1 aliphatic heterocycles. The molecular formula is C13H10N5O2S+. The first kappa shape index (κ1) is 12.3. The Labute approximate surface area is 123 Å². The number of hydrogen-bond acceptors (Lipinski definition) is 5. The van der Waals surface area contributed by atoms with E-state index in [1.54, 1.807) is 36.5 Å². The molecule has 1 aliphatic rings. The highest BCUT2D eigenvalue weighted by Crippen LogP contribution is 2.33. The zero-order valence-corrected chi connectivity index (χ0v) is 11.6. The van der Waals surface area contributed by atoms with Crippen molar-refractivity contribution in [1.82, 2.24) is 15.0 Å². The third kappa shape index (κ3) is 1.87. The van der Waals surface area contributed by atoms with E-state index in [2.05, 4.69) is 19.5 Å². The number of aromatic nitrogens is 4. The number of benzene rings is 1. The summed E-state index contributed by atoms with van der Waals surface area (Å²) in [5.41, 5.74) is 2.79. The first-order valence-corrected chi connectivity index (χ1v) is 7.33. The van der Waals surface area contributed by atoms with Gasteiger partial charge < -0.3 is 4.98 Å². The molecule has 0 bridgehead atoms. The van der Waals surface area contributed by atoms with E-state index in [1.807, 2.05) is 12.1 Å². The van der Waals surface area contributed by atoms with Crippen LogP contribution in [0.1, 0.15) is 11.6 Å². The Kier molecular flexibility index (Phi) is 2.64. The Morgan fingerprint density at radius 3 is 2.90 bits per heavy atom. The summed E-state index contributed by atoms with van der Waals surface area (Å²) >= 11 is 1.73. The van der Waals surface area contributed by atoms with Gasteiger partial charge in [0.05, 0.1) is 11.3 Å². The van der Waals surface area contributed by atoms with Crippen LogP contribution in [0.3, 0.4) is 0 Å². The van der Waals surface area contributed by atoms with Gasteiger partial charge in [0, 0.05) is 17.9 Å². The van der Waals surface area contributed by atoms with Crippen LogP contribution in [0.5, 0.6) is 0 Å². The number of nitro benzene ring substituents is 1. The van der Waals surface area contributed by atoms with E-state index < -0.39 is 0 Å². The minimum atomic E-state index is -0.385. The van der Waals surface area contributed by atoms with E-state index >= 15 is 0 Å². The minimum absolute atomic E-state index is 0.108. The van der Waals surface area contributed by atoms with Crippen LogP contribution in [0, 0.1) is 10.1 Å². The lowest BCUT2D eigenvalue weighted by Crippen LogP contribution is -2.39. The number of non-ortho nitro benzene ring substituents is 1. The quantitative estimate of drug-likeness (QED) is 0.338. The van der Waals surface area contributed by atoms with Crippen molar-refractivity contribution in [2.45, 2.75) is 11.1 Å². The molecule has 0 spiro atoms. The summed E-state index contributed by atoms with van der Waals surface area (Å²) in [4.78, 5) is 21.9. The summed E-state index contributed by atoms with van der Waals surface area (Å²) < 4.78 is 2.09. The molecule has 1 aromatic carbocycles. The first-order valence-electron chi connectivity index (χ1n) is 6.34. The molecule has 0 fully saturated rings. The molecular weight excluding hydrogens is 290 g/mol. The fourth-order valence-corrected chi connectivity index (χ4v) is 3.81. The van der Waals surface area contributed by atoms with Gasteiger partial charge in [0.1, 0.15) is 6.04 Å². The molecule has 0 amide bonds. The van der Waals surface area contributed by atoms with Gasteiger partial charge >= 0.3 is 0 Å². The van der Waals surface area contributed by atoms with Gasteiger partial charge in [-0.25, -0.2) is 4.57 Å². The lowest BCUT2D eigenvalue weighted by Gasteiger charge is -2.08. The van der Waals surface area contributed by atoms with Crippen LogP contribution in [0.15, 0.2) is 41.9 Å². The summed E-state index contributed by atoms with van der Waals surface area (Å²) in [6, 6.07) is 6.83. The van der Waals surface area contributed by atoms with Crippen LogP contribution in [-0.4, -0.2) is 25.6 Å². The Balaban J connectivity index is 1.77. The highest BCUT2D eigenvalue weighted by molar-refractivity contribution is 7.99. The second kappa shape index (κ2) is 4.52. The molecule has 0 saturated carbocycles. The van der Waals surface area contributed by atoms with Crippen LogP contribution in [-0.2, 0) is 0 Å². The van der Waals surface area contributed by atoms with Gasteiger partial charge in [0.15, 0.2) is 10.5 Å². The lowest BCUT2D eigenvalue weighted by atomic mass is 10.1. The Hall–Kier alpha value is -2.48. The number of H-pyrrole nitrogens is 1. The number of fused-ring (bicyclic) bond motifs is 3. The molecule has 3 aromatic rings. The molecule has 104 valence electrons. The predicted octanol–water partition coefficient (Wildman–Crippen LogP) is 1.85. The zero-order chi connectivity index (χ0) is 14.4. The summed E-state index contributed by atoms with van der Waals surface area (Å²) in [5.74, 6) is 0.873. The maximum Gasteiger partial charge on any atom is 0.296 e. The van der Waals surface area contributed by atoms with Gasteiger partial charge in [-0.3, -0.25) is 10.1 Å². The summed E-state index contributed by atoms with van der Waals surface area (Å²) in [7, 11) is 0. The third-order valence-corrected chi connectivity index (χ3v) is 4.75. The van der Waals surface area contributed by atoms with E-state index in [0.717, 1.165) is 21.9 Å². The fraction of sp³-hybridized carbons (Fsp3) is 0.154. The van der Waals surface area contributed by atoms with Crippen LogP contribution >= 0.6 is 11.8 Å². The van der Waals surface area contributed by atoms with Crippen molar-refractivity contribution in [2.75, 3.05) is 5.75 Å². The van der Waals surface area contributed by atoms with Gasteiger partial charge in [-0.05, 0) is 22.7 Å². The average Bonchev–Trinajstić information content (AvgIpc) is 3.13. The molecule has 8 heteroatoms. The fourth-order valence-electron chi connectivity index (χ4n) is 2.52. The summed E-state index contributed by atoms with van der Waals surface area (Å²) in [6.07, 6.45) is 3.42. The van der Waals surface area contributed by atoms with Crippen molar-refractivity contribution in [1.29, 1.82) is 0 Å². The Bertz CT molecular complexity index is 845. The van der Waals surface area contributed by atoms with E-state index in [0.29, 0.717) is 5.65 Å². The summed E-state index contributed by atoms with van der Waals surface area (Å²) in [5, 5.41) is 11.8. The number of nitrogens with zero attached hydrogens (tertiary/aromatic N) is 4. The molecule has 1 atom stereocenters. The molecule has 2 aromatic heterocycles. The smallest absolute Gasteiger partial charge is 0.296 e. The molecule has 1 N–H and O–H groups in total. The SMILES string of the molecule is O=[N+]([O-])c1ccc([C@@H]2CSc3c4[nH]cnc4nc[n+]32)cc1. The van der Waals surface area contributed by atoms with Crippen LogP contribution in [0.4, 0.5) is 5.69 Å². The number of aromatic amines is 1. The number of nitrogens with one attached hydrogen (secondary N) is 1. The van der Waals surface area contributed by atoms with E-state index in [-0.39, 0.29) is 16.7 Å². The summed E-state index contributed by atoms with van der Waals surface area (Å²) in [6.45, 7) is 0. The average molecular weight is 300 g/mol. The lowest BCUT2D eigenvalue weighted by molar-refractivity contribution is -0.739. The molecule has 0 unspecified atom stereocenters. The molecule has 0 saturated heterocycles. The normalized spacial score (nSPS) is 17.0. The van der Waals surface area contributed by atoms with E-state index in [4.69, 9.17) is 0 Å². The highest BCUT2D eigenvalue weighted by atomic mass is 32.2. The maximum atomic E-state index is 10.7. The maximum absolute atomic E-state index is 10.7. The second-order valence-electron chi connectivity index (χ2n) is 4.73. The number of nitro groups is 1. The van der Waals surface area contributed by atoms with E-state index in [1.165, 1.54) is 0 Å². The van der Waals surface area contributed by atoms with Crippen molar-refractivity contribution in [2.24, 2.45) is 0 Å². The molecule has 7 nitrogen and oxygen atoms in total. The molecule has 21 heavy (non-hydrogen) atoms. The molecule has 0 aliphatic carbocycles.